The first kappa shape index (κ1) is 10.0. The monoisotopic (exact) mass is 221 g/mol. The van der Waals surface area contributed by atoms with Crippen LogP contribution in [0, 0.1) is 0 Å². The maximum absolute atomic E-state index is 10.5. The maximum atomic E-state index is 10.5. The highest BCUT2D eigenvalue weighted by Gasteiger charge is 2.08. The van der Waals surface area contributed by atoms with Gasteiger partial charge in [-0.25, -0.2) is 4.98 Å². The second-order valence-corrected chi connectivity index (χ2v) is 3.99. The fourth-order valence-electron chi connectivity index (χ4n) is 1.36. The van der Waals surface area contributed by atoms with E-state index in [9.17, 15) is 4.79 Å². The van der Waals surface area contributed by atoms with Crippen LogP contribution in [0.25, 0.3) is 10.7 Å². The molecular weight excluding hydrogens is 210 g/mol. The van der Waals surface area contributed by atoms with Crippen LogP contribution in [0.4, 0.5) is 0 Å². The molecule has 0 spiro atoms. The number of rotatable bonds is 4. The zero-order chi connectivity index (χ0) is 10.7. The van der Waals surface area contributed by atoms with E-state index in [0.29, 0.717) is 5.69 Å². The first-order chi connectivity index (χ1) is 7.35. The van der Waals surface area contributed by atoms with Crippen LogP contribution < -0.4 is 0 Å². The summed E-state index contributed by atoms with van der Waals surface area (Å²) in [5.41, 5.74) is 1.47. The first-order valence-electron chi connectivity index (χ1n) is 4.78. The zero-order valence-corrected chi connectivity index (χ0v) is 9.20. The zero-order valence-electron chi connectivity index (χ0n) is 8.38. The summed E-state index contributed by atoms with van der Waals surface area (Å²) >= 11 is 1.47. The second kappa shape index (κ2) is 4.35. The number of aryl methyl sites for hydroxylation is 1. The Balaban J connectivity index is 2.35. The van der Waals surface area contributed by atoms with E-state index < -0.39 is 0 Å². The normalized spacial score (nSPS) is 10.5. The number of carbonyl (C=O) groups is 1. The molecule has 0 aliphatic carbocycles. The van der Waals surface area contributed by atoms with Crippen molar-refractivity contribution < 1.29 is 4.79 Å². The summed E-state index contributed by atoms with van der Waals surface area (Å²) in [6, 6.07) is 1.92. The van der Waals surface area contributed by atoms with Crippen molar-refractivity contribution in [2.45, 2.75) is 19.9 Å². The van der Waals surface area contributed by atoms with E-state index in [1.165, 1.54) is 11.3 Å². The molecule has 0 aromatic carbocycles. The summed E-state index contributed by atoms with van der Waals surface area (Å²) in [7, 11) is 0. The van der Waals surface area contributed by atoms with Gasteiger partial charge in [0.15, 0.2) is 6.29 Å². The van der Waals surface area contributed by atoms with Gasteiger partial charge in [-0.15, -0.1) is 11.3 Å². The van der Waals surface area contributed by atoms with Gasteiger partial charge >= 0.3 is 0 Å². The molecule has 0 unspecified atom stereocenters. The van der Waals surface area contributed by atoms with Crippen molar-refractivity contribution in [1.82, 2.24) is 14.8 Å². The average molecular weight is 221 g/mol. The highest BCUT2D eigenvalue weighted by molar-refractivity contribution is 7.13. The molecule has 0 atom stereocenters. The van der Waals surface area contributed by atoms with Crippen LogP contribution in [0.3, 0.4) is 0 Å². The smallest absolute Gasteiger partial charge is 0.169 e. The predicted octanol–water partition coefficient (Wildman–Crippen LogP) is 2.23. The van der Waals surface area contributed by atoms with Gasteiger partial charge in [0.1, 0.15) is 10.7 Å². The maximum Gasteiger partial charge on any atom is 0.169 e. The lowest BCUT2D eigenvalue weighted by Crippen LogP contribution is -2.00. The van der Waals surface area contributed by atoms with Crippen molar-refractivity contribution in [2.75, 3.05) is 0 Å². The quantitative estimate of drug-likeness (QED) is 0.744. The van der Waals surface area contributed by atoms with Crippen LogP contribution >= 0.6 is 11.3 Å². The predicted molar refractivity (Wildman–Crippen MR) is 59.0 cm³/mol. The highest BCUT2D eigenvalue weighted by Crippen LogP contribution is 2.22. The molecule has 0 saturated carbocycles. The number of aldehydes is 1. The largest absolute Gasteiger partial charge is 0.296 e. The number of carbonyl (C=O) groups excluding carboxylic acids is 1. The molecule has 0 radical (unpaired) electrons. The molecule has 0 bridgehead atoms. The third kappa shape index (κ3) is 1.97. The number of hydrogen-bond donors (Lipinski definition) is 0. The summed E-state index contributed by atoms with van der Waals surface area (Å²) in [6.07, 6.45) is 3.55. The van der Waals surface area contributed by atoms with Crippen LogP contribution in [-0.4, -0.2) is 21.1 Å². The van der Waals surface area contributed by atoms with Gasteiger partial charge in [-0.1, -0.05) is 6.92 Å². The van der Waals surface area contributed by atoms with E-state index in [0.717, 1.165) is 30.0 Å². The van der Waals surface area contributed by atoms with Gasteiger partial charge in [0, 0.05) is 18.1 Å². The van der Waals surface area contributed by atoms with Gasteiger partial charge in [0.25, 0.3) is 0 Å². The summed E-state index contributed by atoms with van der Waals surface area (Å²) in [4.78, 5) is 14.7. The van der Waals surface area contributed by atoms with Crippen LogP contribution in [0.5, 0.6) is 0 Å². The summed E-state index contributed by atoms with van der Waals surface area (Å²) in [6.45, 7) is 2.97. The molecule has 0 aliphatic heterocycles. The van der Waals surface area contributed by atoms with Crippen molar-refractivity contribution in [2.24, 2.45) is 0 Å². The van der Waals surface area contributed by atoms with Crippen LogP contribution in [0.2, 0.25) is 0 Å². The summed E-state index contributed by atoms with van der Waals surface area (Å²) in [5.74, 6) is 0. The van der Waals surface area contributed by atoms with Gasteiger partial charge in [-0.2, -0.15) is 5.10 Å². The van der Waals surface area contributed by atoms with Crippen molar-refractivity contribution in [3.05, 3.63) is 23.3 Å². The van der Waals surface area contributed by atoms with E-state index in [1.807, 2.05) is 10.7 Å². The van der Waals surface area contributed by atoms with Crippen molar-refractivity contribution in [1.29, 1.82) is 0 Å². The fraction of sp³-hybridized carbons (Fsp3) is 0.300. The Bertz CT molecular complexity index is 461. The van der Waals surface area contributed by atoms with Crippen LogP contribution in [0.15, 0.2) is 17.6 Å². The molecule has 4 nitrogen and oxygen atoms in total. The Kier molecular flexibility index (Phi) is 2.91. The molecule has 15 heavy (non-hydrogen) atoms. The molecule has 2 rings (SSSR count). The van der Waals surface area contributed by atoms with E-state index >= 15 is 0 Å². The van der Waals surface area contributed by atoms with E-state index in [2.05, 4.69) is 17.0 Å². The minimum absolute atomic E-state index is 0.485. The fourth-order valence-corrected chi connectivity index (χ4v) is 2.16. The van der Waals surface area contributed by atoms with Crippen LogP contribution in [0.1, 0.15) is 23.8 Å². The summed E-state index contributed by atoms with van der Waals surface area (Å²) in [5, 5.41) is 6.82. The Morgan fingerprint density at radius 3 is 3.13 bits per heavy atom. The average Bonchev–Trinajstić information content (AvgIpc) is 2.85. The lowest BCUT2D eigenvalue weighted by molar-refractivity contribution is 0.111. The van der Waals surface area contributed by atoms with Crippen molar-refractivity contribution in [3.8, 4) is 10.7 Å². The van der Waals surface area contributed by atoms with E-state index in [-0.39, 0.29) is 0 Å². The Hall–Kier alpha value is -1.49. The molecule has 0 fully saturated rings. The molecule has 78 valence electrons. The van der Waals surface area contributed by atoms with Gasteiger partial charge in [-0.05, 0) is 12.5 Å². The molecule has 2 aromatic heterocycles. The number of aromatic nitrogens is 3. The van der Waals surface area contributed by atoms with Gasteiger partial charge in [0.2, 0.25) is 0 Å². The van der Waals surface area contributed by atoms with Gasteiger partial charge in [-0.3, -0.25) is 9.48 Å². The SMILES string of the molecule is CCCn1nccc1-c1nc(C=O)cs1. The lowest BCUT2D eigenvalue weighted by atomic mass is 10.4. The van der Waals surface area contributed by atoms with E-state index in [4.69, 9.17) is 0 Å². The molecule has 2 aromatic rings. The Morgan fingerprint density at radius 2 is 2.47 bits per heavy atom. The third-order valence-corrected chi connectivity index (χ3v) is 2.90. The second-order valence-electron chi connectivity index (χ2n) is 3.13. The van der Waals surface area contributed by atoms with Crippen molar-refractivity contribution in [3.63, 3.8) is 0 Å². The van der Waals surface area contributed by atoms with Gasteiger partial charge < -0.3 is 0 Å². The van der Waals surface area contributed by atoms with E-state index in [1.54, 1.807) is 11.6 Å². The molecular formula is C10H11N3OS. The van der Waals surface area contributed by atoms with Gasteiger partial charge in [0.05, 0.1) is 5.69 Å². The minimum Gasteiger partial charge on any atom is -0.296 e. The third-order valence-electron chi connectivity index (χ3n) is 2.01. The van der Waals surface area contributed by atoms with Crippen LogP contribution in [-0.2, 0) is 6.54 Å². The molecule has 0 amide bonds. The number of nitrogens with zero attached hydrogens (tertiary/aromatic N) is 3. The summed E-state index contributed by atoms with van der Waals surface area (Å²) < 4.78 is 1.91. The molecule has 2 heterocycles. The Morgan fingerprint density at radius 1 is 1.60 bits per heavy atom. The standard InChI is InChI=1S/C10H11N3OS/c1-2-5-13-9(3-4-11-13)10-12-8(6-14)7-15-10/h3-4,6-7H,2,5H2,1H3. The van der Waals surface area contributed by atoms with Crippen molar-refractivity contribution >= 4 is 17.6 Å². The topological polar surface area (TPSA) is 47.8 Å². The Labute approximate surface area is 91.6 Å². The lowest BCUT2D eigenvalue weighted by Gasteiger charge is -2.01. The number of thiazole rings is 1. The number of hydrogen-bond acceptors (Lipinski definition) is 4. The minimum atomic E-state index is 0.485. The molecule has 5 heteroatoms. The first-order valence-corrected chi connectivity index (χ1v) is 5.66. The molecule has 0 aliphatic rings. The molecule has 0 saturated heterocycles. The molecule has 0 N–H and O–H groups in total. The highest BCUT2D eigenvalue weighted by atomic mass is 32.1.